The fourth-order valence-electron chi connectivity index (χ4n) is 2.32. The van der Waals surface area contributed by atoms with Crippen molar-refractivity contribution in [2.45, 2.75) is 26.3 Å². The Balaban J connectivity index is 1.95. The second-order valence-electron chi connectivity index (χ2n) is 4.98. The first-order valence-corrected chi connectivity index (χ1v) is 6.32. The van der Waals surface area contributed by atoms with Gasteiger partial charge in [0.2, 0.25) is 0 Å². The number of nitrogens with two attached hydrogens (primary N) is 1. The number of aromatic nitrogens is 1. The minimum Gasteiger partial charge on any atom is -0.370 e. The average Bonchev–Trinajstić information content (AvgIpc) is 2.72. The van der Waals surface area contributed by atoms with Crippen LogP contribution in [0.5, 0.6) is 0 Å². The van der Waals surface area contributed by atoms with E-state index < -0.39 is 0 Å². The van der Waals surface area contributed by atoms with Crippen molar-refractivity contribution in [2.24, 2.45) is 23.7 Å². The van der Waals surface area contributed by atoms with Crippen molar-refractivity contribution >= 4 is 5.96 Å². The van der Waals surface area contributed by atoms with Crippen molar-refractivity contribution in [1.82, 2.24) is 9.47 Å². The second-order valence-corrected chi connectivity index (χ2v) is 4.98. The highest BCUT2D eigenvalue weighted by Crippen LogP contribution is 2.15. The van der Waals surface area contributed by atoms with Crippen molar-refractivity contribution in [3.05, 3.63) is 24.0 Å². The number of piperidine rings is 1. The van der Waals surface area contributed by atoms with Gasteiger partial charge in [-0.3, -0.25) is 0 Å². The average molecular weight is 234 g/mol. The van der Waals surface area contributed by atoms with Crippen molar-refractivity contribution < 1.29 is 0 Å². The molecule has 1 saturated heterocycles. The predicted octanol–water partition coefficient (Wildman–Crippen LogP) is 1.57. The molecular weight excluding hydrogens is 212 g/mol. The van der Waals surface area contributed by atoms with Crippen LogP contribution in [0, 0.1) is 5.92 Å². The highest BCUT2D eigenvalue weighted by Gasteiger charge is 2.17. The smallest absolute Gasteiger partial charge is 0.191 e. The Morgan fingerprint density at radius 1 is 1.59 bits per heavy atom. The number of aliphatic imine (C=N–C) groups is 1. The molecule has 2 heterocycles. The minimum atomic E-state index is 0.667. The number of rotatable bonds is 2. The first-order valence-electron chi connectivity index (χ1n) is 6.32. The molecule has 94 valence electrons. The Morgan fingerprint density at radius 3 is 3.06 bits per heavy atom. The maximum Gasteiger partial charge on any atom is 0.191 e. The van der Waals surface area contributed by atoms with E-state index in [0.29, 0.717) is 12.5 Å². The van der Waals surface area contributed by atoms with E-state index in [1.54, 1.807) is 0 Å². The molecule has 1 aromatic rings. The van der Waals surface area contributed by atoms with Gasteiger partial charge in [0.05, 0.1) is 6.54 Å². The third-order valence-corrected chi connectivity index (χ3v) is 3.44. The van der Waals surface area contributed by atoms with Crippen LogP contribution in [0.1, 0.15) is 25.5 Å². The summed E-state index contributed by atoms with van der Waals surface area (Å²) in [7, 11) is 2.03. The van der Waals surface area contributed by atoms with Crippen LogP contribution in [-0.4, -0.2) is 28.5 Å². The van der Waals surface area contributed by atoms with Crippen LogP contribution < -0.4 is 5.73 Å². The van der Waals surface area contributed by atoms with E-state index in [4.69, 9.17) is 5.73 Å². The Hall–Kier alpha value is -1.45. The van der Waals surface area contributed by atoms with Gasteiger partial charge in [-0.15, -0.1) is 0 Å². The Labute approximate surface area is 103 Å². The lowest BCUT2D eigenvalue weighted by atomic mass is 10.0. The molecule has 4 nitrogen and oxygen atoms in total. The molecule has 2 rings (SSSR count). The second kappa shape index (κ2) is 5.25. The van der Waals surface area contributed by atoms with Crippen molar-refractivity contribution in [1.29, 1.82) is 0 Å². The molecule has 1 aliphatic rings. The number of hydrogen-bond acceptors (Lipinski definition) is 1. The molecule has 17 heavy (non-hydrogen) atoms. The van der Waals surface area contributed by atoms with Crippen molar-refractivity contribution in [3.8, 4) is 0 Å². The molecular formula is C13H22N4. The third-order valence-electron chi connectivity index (χ3n) is 3.44. The predicted molar refractivity (Wildman–Crippen MR) is 70.7 cm³/mol. The highest BCUT2D eigenvalue weighted by molar-refractivity contribution is 5.78. The van der Waals surface area contributed by atoms with Crippen molar-refractivity contribution in [2.75, 3.05) is 13.1 Å². The zero-order valence-electron chi connectivity index (χ0n) is 10.8. The van der Waals surface area contributed by atoms with Crippen molar-refractivity contribution in [3.63, 3.8) is 0 Å². The van der Waals surface area contributed by atoms with Gasteiger partial charge >= 0.3 is 0 Å². The summed E-state index contributed by atoms with van der Waals surface area (Å²) in [5.74, 6) is 1.42. The zero-order chi connectivity index (χ0) is 12.3. The monoisotopic (exact) mass is 234 g/mol. The first-order chi connectivity index (χ1) is 8.16. The van der Waals surface area contributed by atoms with Crippen LogP contribution in [0.4, 0.5) is 0 Å². The van der Waals surface area contributed by atoms with Crippen LogP contribution in [0.15, 0.2) is 23.3 Å². The molecule has 1 atom stereocenters. The van der Waals surface area contributed by atoms with Gasteiger partial charge < -0.3 is 15.2 Å². The summed E-state index contributed by atoms with van der Waals surface area (Å²) in [5, 5.41) is 0. The summed E-state index contributed by atoms with van der Waals surface area (Å²) < 4.78 is 2.08. The molecule has 0 bridgehead atoms. The summed E-state index contributed by atoms with van der Waals surface area (Å²) in [5.41, 5.74) is 7.24. The molecule has 2 N–H and O–H groups in total. The maximum absolute atomic E-state index is 6.04. The lowest BCUT2D eigenvalue weighted by Gasteiger charge is -2.31. The number of likely N-dealkylation sites (tertiary alicyclic amines) is 1. The first kappa shape index (κ1) is 12.0. The fourth-order valence-corrected chi connectivity index (χ4v) is 2.32. The summed E-state index contributed by atoms with van der Waals surface area (Å²) >= 11 is 0. The summed E-state index contributed by atoms with van der Waals surface area (Å²) in [6, 6.07) is 4.11. The van der Waals surface area contributed by atoms with Crippen LogP contribution in [-0.2, 0) is 13.6 Å². The normalized spacial score (nSPS) is 21.9. The largest absolute Gasteiger partial charge is 0.370 e. The number of aryl methyl sites for hydroxylation is 1. The lowest BCUT2D eigenvalue weighted by molar-refractivity contribution is 0.270. The molecule has 0 aromatic carbocycles. The minimum absolute atomic E-state index is 0.667. The Bertz CT molecular complexity index is 394. The molecule has 0 saturated carbocycles. The lowest BCUT2D eigenvalue weighted by Crippen LogP contribution is -2.43. The molecule has 0 radical (unpaired) electrons. The van der Waals surface area contributed by atoms with E-state index in [0.717, 1.165) is 19.0 Å². The van der Waals surface area contributed by atoms with Crippen LogP contribution in [0.2, 0.25) is 0 Å². The zero-order valence-corrected chi connectivity index (χ0v) is 10.8. The summed E-state index contributed by atoms with van der Waals surface area (Å²) in [6.45, 7) is 5.03. The molecule has 0 aliphatic carbocycles. The Morgan fingerprint density at radius 2 is 2.41 bits per heavy atom. The number of hydrogen-bond donors (Lipinski definition) is 1. The van der Waals surface area contributed by atoms with E-state index in [2.05, 4.69) is 27.4 Å². The highest BCUT2D eigenvalue weighted by atomic mass is 15.3. The SMILES string of the molecule is CC1CCCN(C(N)=NCc2cccn2C)C1. The van der Waals surface area contributed by atoms with E-state index >= 15 is 0 Å². The van der Waals surface area contributed by atoms with E-state index in [1.807, 2.05) is 19.3 Å². The third kappa shape index (κ3) is 3.02. The Kier molecular flexibility index (Phi) is 3.71. The van der Waals surface area contributed by atoms with Crippen LogP contribution in [0.3, 0.4) is 0 Å². The number of nitrogens with zero attached hydrogens (tertiary/aromatic N) is 3. The van der Waals surface area contributed by atoms with Crippen LogP contribution in [0.25, 0.3) is 0 Å². The standard InChI is InChI=1S/C13H22N4/c1-11-5-3-8-17(10-11)13(14)15-9-12-6-4-7-16(12)2/h4,6-7,11H,3,5,8-10H2,1-2H3,(H2,14,15). The summed E-state index contributed by atoms with van der Waals surface area (Å²) in [4.78, 5) is 6.69. The van der Waals surface area contributed by atoms with Gasteiger partial charge in [-0.2, -0.15) is 0 Å². The van der Waals surface area contributed by atoms with Gasteiger partial charge in [0.15, 0.2) is 5.96 Å². The molecule has 1 unspecified atom stereocenters. The molecule has 0 spiro atoms. The van der Waals surface area contributed by atoms with E-state index in [9.17, 15) is 0 Å². The molecule has 4 heteroatoms. The van der Waals surface area contributed by atoms with Gasteiger partial charge in [-0.05, 0) is 30.9 Å². The van der Waals surface area contributed by atoms with Gasteiger partial charge in [0.1, 0.15) is 0 Å². The van der Waals surface area contributed by atoms with Gasteiger partial charge in [0.25, 0.3) is 0 Å². The topological polar surface area (TPSA) is 46.5 Å². The van der Waals surface area contributed by atoms with Gasteiger partial charge in [-0.1, -0.05) is 6.92 Å². The molecule has 1 aliphatic heterocycles. The quantitative estimate of drug-likeness (QED) is 0.623. The molecule has 1 aromatic heterocycles. The summed E-state index contributed by atoms with van der Waals surface area (Å²) in [6.07, 6.45) is 4.56. The molecule has 1 fully saturated rings. The van der Waals surface area contributed by atoms with E-state index in [1.165, 1.54) is 18.5 Å². The van der Waals surface area contributed by atoms with Gasteiger partial charge in [-0.25, -0.2) is 4.99 Å². The van der Waals surface area contributed by atoms with Crippen LogP contribution >= 0.6 is 0 Å². The number of guanidine groups is 1. The van der Waals surface area contributed by atoms with E-state index in [-0.39, 0.29) is 0 Å². The van der Waals surface area contributed by atoms with Gasteiger partial charge in [0, 0.05) is 32.0 Å². The molecule has 0 amide bonds. The fraction of sp³-hybridized carbons (Fsp3) is 0.615. The maximum atomic E-state index is 6.04.